The van der Waals surface area contributed by atoms with Crippen molar-refractivity contribution in [3.05, 3.63) is 24.3 Å². The van der Waals surface area contributed by atoms with Crippen molar-refractivity contribution in [1.82, 2.24) is 4.90 Å². The molecule has 0 bridgehead atoms. The molecule has 0 atom stereocenters. The van der Waals surface area contributed by atoms with Crippen LogP contribution in [0.5, 0.6) is 0 Å². The molecule has 0 aliphatic carbocycles. The molecule has 0 saturated carbocycles. The number of nitrogens with two attached hydrogens (primary N) is 1. The molecule has 0 spiro atoms. The number of piperidine rings is 1. The summed E-state index contributed by atoms with van der Waals surface area (Å²) in [6.07, 6.45) is 1.64. The first-order valence-electron chi connectivity index (χ1n) is 6.73. The average Bonchev–Trinajstić information content (AvgIpc) is 2.40. The lowest BCUT2D eigenvalue weighted by Crippen LogP contribution is -2.42. The molecule has 19 heavy (non-hydrogen) atoms. The van der Waals surface area contributed by atoms with Gasteiger partial charge in [0.05, 0.1) is 6.61 Å². The number of likely N-dealkylation sites (tertiary alicyclic amines) is 1. The van der Waals surface area contributed by atoms with Gasteiger partial charge in [0.15, 0.2) is 0 Å². The second kappa shape index (κ2) is 6.31. The quantitative estimate of drug-likeness (QED) is 0.821. The molecule has 2 rings (SSSR count). The van der Waals surface area contributed by atoms with E-state index in [1.165, 1.54) is 0 Å². The third-order valence-electron chi connectivity index (χ3n) is 3.28. The average molecular weight is 263 g/mol. The maximum Gasteiger partial charge on any atom is 0.409 e. The van der Waals surface area contributed by atoms with Crippen LogP contribution in [0.15, 0.2) is 24.3 Å². The first kappa shape index (κ1) is 13.5. The Labute approximate surface area is 113 Å². The minimum Gasteiger partial charge on any atom is -0.450 e. The highest BCUT2D eigenvalue weighted by atomic mass is 16.6. The van der Waals surface area contributed by atoms with Gasteiger partial charge in [-0.15, -0.1) is 0 Å². The summed E-state index contributed by atoms with van der Waals surface area (Å²) in [4.78, 5) is 13.3. The molecular formula is C14H21N3O2. The van der Waals surface area contributed by atoms with E-state index in [1.54, 1.807) is 4.90 Å². The Bertz CT molecular complexity index is 428. The molecule has 1 aliphatic heterocycles. The fourth-order valence-electron chi connectivity index (χ4n) is 2.29. The van der Waals surface area contributed by atoms with E-state index in [4.69, 9.17) is 10.5 Å². The highest BCUT2D eigenvalue weighted by Crippen LogP contribution is 2.18. The van der Waals surface area contributed by atoms with E-state index in [9.17, 15) is 4.79 Å². The standard InChI is InChI=1S/C14H21N3O2/c1-2-19-14(18)17-8-6-12(7-9-17)16-13-5-3-4-11(15)10-13/h3-5,10,12,16H,2,6-9,15H2,1H3. The van der Waals surface area contributed by atoms with Crippen LogP contribution < -0.4 is 11.1 Å². The molecule has 1 aromatic rings. The van der Waals surface area contributed by atoms with Crippen LogP contribution in [0.3, 0.4) is 0 Å². The van der Waals surface area contributed by atoms with Crippen molar-refractivity contribution in [3.8, 4) is 0 Å². The monoisotopic (exact) mass is 263 g/mol. The highest BCUT2D eigenvalue weighted by Gasteiger charge is 2.23. The van der Waals surface area contributed by atoms with Crippen LogP contribution in [-0.2, 0) is 4.74 Å². The van der Waals surface area contributed by atoms with E-state index in [0.717, 1.165) is 37.3 Å². The van der Waals surface area contributed by atoms with Crippen molar-refractivity contribution in [2.75, 3.05) is 30.7 Å². The number of carbonyl (C=O) groups excluding carboxylic acids is 1. The van der Waals surface area contributed by atoms with E-state index in [1.807, 2.05) is 31.2 Å². The predicted octanol–water partition coefficient (Wildman–Crippen LogP) is 2.30. The molecule has 1 aliphatic rings. The molecule has 5 nitrogen and oxygen atoms in total. The number of anilines is 2. The number of carbonyl (C=O) groups is 1. The van der Waals surface area contributed by atoms with E-state index in [2.05, 4.69) is 5.32 Å². The van der Waals surface area contributed by atoms with Crippen molar-refractivity contribution in [3.63, 3.8) is 0 Å². The van der Waals surface area contributed by atoms with Gasteiger partial charge < -0.3 is 20.7 Å². The van der Waals surface area contributed by atoms with E-state index in [0.29, 0.717) is 12.6 Å². The summed E-state index contributed by atoms with van der Waals surface area (Å²) >= 11 is 0. The largest absolute Gasteiger partial charge is 0.450 e. The van der Waals surface area contributed by atoms with Crippen LogP contribution in [-0.4, -0.2) is 36.7 Å². The Balaban J connectivity index is 1.82. The van der Waals surface area contributed by atoms with Crippen LogP contribution in [0.25, 0.3) is 0 Å². The third kappa shape index (κ3) is 3.77. The number of nitrogen functional groups attached to an aromatic ring is 1. The van der Waals surface area contributed by atoms with Crippen LogP contribution >= 0.6 is 0 Å². The number of benzene rings is 1. The van der Waals surface area contributed by atoms with Crippen molar-refractivity contribution in [2.24, 2.45) is 0 Å². The number of nitrogens with zero attached hydrogens (tertiary/aromatic N) is 1. The SMILES string of the molecule is CCOC(=O)N1CCC(Nc2cccc(N)c2)CC1. The van der Waals surface area contributed by atoms with Crippen LogP contribution in [0.1, 0.15) is 19.8 Å². The number of nitrogens with one attached hydrogen (secondary N) is 1. The van der Waals surface area contributed by atoms with Crippen molar-refractivity contribution < 1.29 is 9.53 Å². The van der Waals surface area contributed by atoms with Gasteiger partial charge in [0.25, 0.3) is 0 Å². The lowest BCUT2D eigenvalue weighted by atomic mass is 10.0. The van der Waals surface area contributed by atoms with Gasteiger partial charge in [-0.25, -0.2) is 4.79 Å². The summed E-state index contributed by atoms with van der Waals surface area (Å²) in [5, 5.41) is 3.45. The van der Waals surface area contributed by atoms with Crippen molar-refractivity contribution >= 4 is 17.5 Å². The molecule has 3 N–H and O–H groups in total. The summed E-state index contributed by atoms with van der Waals surface area (Å²) in [7, 11) is 0. The Hall–Kier alpha value is -1.91. The lowest BCUT2D eigenvalue weighted by Gasteiger charge is -2.32. The third-order valence-corrected chi connectivity index (χ3v) is 3.28. The highest BCUT2D eigenvalue weighted by molar-refractivity contribution is 5.67. The molecule has 1 amide bonds. The summed E-state index contributed by atoms with van der Waals surface area (Å²) in [5.74, 6) is 0. The zero-order valence-corrected chi connectivity index (χ0v) is 11.3. The first-order chi connectivity index (χ1) is 9.19. The van der Waals surface area contributed by atoms with E-state index in [-0.39, 0.29) is 6.09 Å². The normalized spacial score (nSPS) is 16.2. The summed E-state index contributed by atoms with van der Waals surface area (Å²) in [6, 6.07) is 8.12. The molecule has 104 valence electrons. The molecule has 0 radical (unpaired) electrons. The molecule has 5 heteroatoms. The fraction of sp³-hybridized carbons (Fsp3) is 0.500. The zero-order chi connectivity index (χ0) is 13.7. The summed E-state index contributed by atoms with van der Waals surface area (Å²) in [5.41, 5.74) is 7.54. The molecular weight excluding hydrogens is 242 g/mol. The minimum atomic E-state index is -0.204. The van der Waals surface area contributed by atoms with Gasteiger partial charge in [-0.1, -0.05) is 6.07 Å². The Morgan fingerprint density at radius 1 is 1.47 bits per heavy atom. The summed E-state index contributed by atoms with van der Waals surface area (Å²) in [6.45, 7) is 3.73. The maximum absolute atomic E-state index is 11.6. The van der Waals surface area contributed by atoms with Gasteiger partial charge in [0, 0.05) is 30.5 Å². The van der Waals surface area contributed by atoms with E-state index >= 15 is 0 Å². The summed E-state index contributed by atoms with van der Waals surface area (Å²) < 4.78 is 5.00. The van der Waals surface area contributed by atoms with Crippen LogP contribution in [0.2, 0.25) is 0 Å². The topological polar surface area (TPSA) is 67.6 Å². The van der Waals surface area contributed by atoms with Crippen molar-refractivity contribution in [1.29, 1.82) is 0 Å². The Kier molecular flexibility index (Phi) is 4.49. The van der Waals surface area contributed by atoms with Crippen LogP contribution in [0, 0.1) is 0 Å². The predicted molar refractivity (Wildman–Crippen MR) is 76.1 cm³/mol. The number of amides is 1. The minimum absolute atomic E-state index is 0.204. The number of hydrogen-bond acceptors (Lipinski definition) is 4. The fourth-order valence-corrected chi connectivity index (χ4v) is 2.29. The first-order valence-corrected chi connectivity index (χ1v) is 6.73. The van der Waals surface area contributed by atoms with Gasteiger partial charge in [-0.2, -0.15) is 0 Å². The second-order valence-corrected chi connectivity index (χ2v) is 4.73. The smallest absolute Gasteiger partial charge is 0.409 e. The molecule has 1 aromatic carbocycles. The molecule has 1 heterocycles. The molecule has 1 saturated heterocycles. The van der Waals surface area contributed by atoms with Gasteiger partial charge in [-0.3, -0.25) is 0 Å². The lowest BCUT2D eigenvalue weighted by molar-refractivity contribution is 0.0983. The maximum atomic E-state index is 11.6. The van der Waals surface area contributed by atoms with Gasteiger partial charge >= 0.3 is 6.09 Å². The second-order valence-electron chi connectivity index (χ2n) is 4.73. The molecule has 0 unspecified atom stereocenters. The number of ether oxygens (including phenoxy) is 1. The Morgan fingerprint density at radius 2 is 2.21 bits per heavy atom. The van der Waals surface area contributed by atoms with Crippen LogP contribution in [0.4, 0.5) is 16.2 Å². The van der Waals surface area contributed by atoms with Crippen molar-refractivity contribution in [2.45, 2.75) is 25.8 Å². The van der Waals surface area contributed by atoms with Gasteiger partial charge in [0.1, 0.15) is 0 Å². The van der Waals surface area contributed by atoms with Gasteiger partial charge in [0.2, 0.25) is 0 Å². The molecule has 0 aromatic heterocycles. The molecule has 1 fully saturated rings. The number of hydrogen-bond donors (Lipinski definition) is 2. The van der Waals surface area contributed by atoms with E-state index < -0.39 is 0 Å². The number of rotatable bonds is 3. The Morgan fingerprint density at radius 3 is 2.84 bits per heavy atom. The zero-order valence-electron chi connectivity index (χ0n) is 11.3. The van der Waals surface area contributed by atoms with Gasteiger partial charge in [-0.05, 0) is 38.0 Å².